The van der Waals surface area contributed by atoms with Gasteiger partial charge in [0.05, 0.1) is 0 Å². The van der Waals surface area contributed by atoms with Crippen LogP contribution in [0.4, 0.5) is 0 Å². The van der Waals surface area contributed by atoms with Gasteiger partial charge in [-0.3, -0.25) is 0 Å². The maximum absolute atomic E-state index is 1.61. The van der Waals surface area contributed by atoms with Crippen LogP contribution in [-0.4, -0.2) is 0 Å². The molecule has 2 bridgehead atoms. The molecule has 0 radical (unpaired) electrons. The summed E-state index contributed by atoms with van der Waals surface area (Å²) in [5.74, 6) is 7.78. The molecule has 0 amide bonds. The molecule has 5 fully saturated rings. The van der Waals surface area contributed by atoms with Crippen LogP contribution in [0.1, 0.15) is 12.8 Å². The second-order valence-electron chi connectivity index (χ2n) is 4.21. The SMILES string of the molecule is C1C[C@H]2C3C4C3C4[C@@H]12. The van der Waals surface area contributed by atoms with E-state index in [0.717, 1.165) is 0 Å². The highest BCUT2D eigenvalue weighted by molar-refractivity contribution is 5.32. The van der Waals surface area contributed by atoms with Gasteiger partial charge in [-0.25, -0.2) is 0 Å². The first-order valence-corrected chi connectivity index (χ1v) is 3.98. The Morgan fingerprint density at radius 1 is 0.625 bits per heavy atom. The Morgan fingerprint density at radius 3 is 1.38 bits per heavy atom. The lowest BCUT2D eigenvalue weighted by Crippen LogP contribution is -2.20. The Balaban J connectivity index is 1.95. The van der Waals surface area contributed by atoms with Gasteiger partial charge in [-0.15, -0.1) is 0 Å². The average Bonchev–Trinajstić information content (AvgIpc) is 2.46. The molecule has 5 aliphatic rings. The largest absolute Gasteiger partial charge is 0.0496 e. The summed E-state index contributed by atoms with van der Waals surface area (Å²) in [6.45, 7) is 0. The van der Waals surface area contributed by atoms with Crippen LogP contribution >= 0.6 is 0 Å². The van der Waals surface area contributed by atoms with Crippen molar-refractivity contribution in [2.75, 3.05) is 0 Å². The van der Waals surface area contributed by atoms with Gasteiger partial charge >= 0.3 is 0 Å². The third kappa shape index (κ3) is 0.138. The molecule has 0 nitrogen and oxygen atoms in total. The molecule has 5 aliphatic carbocycles. The number of hydrogen-bond donors (Lipinski definition) is 0. The van der Waals surface area contributed by atoms with Gasteiger partial charge in [0.25, 0.3) is 0 Å². The van der Waals surface area contributed by atoms with Gasteiger partial charge in [0.2, 0.25) is 0 Å². The topological polar surface area (TPSA) is 0 Å². The highest BCUT2D eigenvalue weighted by atomic mass is 14.9. The van der Waals surface area contributed by atoms with Crippen molar-refractivity contribution in [2.45, 2.75) is 12.8 Å². The van der Waals surface area contributed by atoms with E-state index in [1.54, 1.807) is 12.8 Å². The average molecular weight is 106 g/mol. The van der Waals surface area contributed by atoms with Gasteiger partial charge in [-0.2, -0.15) is 0 Å². The van der Waals surface area contributed by atoms with E-state index in [2.05, 4.69) is 0 Å². The summed E-state index contributed by atoms with van der Waals surface area (Å²) < 4.78 is 0. The zero-order valence-corrected chi connectivity index (χ0v) is 4.88. The summed E-state index contributed by atoms with van der Waals surface area (Å²) in [4.78, 5) is 0. The zero-order chi connectivity index (χ0) is 4.88. The van der Waals surface area contributed by atoms with Crippen molar-refractivity contribution < 1.29 is 0 Å². The van der Waals surface area contributed by atoms with Crippen molar-refractivity contribution in [3.8, 4) is 0 Å². The molecule has 2 unspecified atom stereocenters. The predicted molar refractivity (Wildman–Crippen MR) is 30.2 cm³/mol. The summed E-state index contributed by atoms with van der Waals surface area (Å²) in [5, 5.41) is 0. The van der Waals surface area contributed by atoms with Gasteiger partial charge in [0.15, 0.2) is 0 Å². The van der Waals surface area contributed by atoms with Gasteiger partial charge < -0.3 is 0 Å². The van der Waals surface area contributed by atoms with E-state index in [1.165, 1.54) is 35.5 Å². The Labute approximate surface area is 49.3 Å². The van der Waals surface area contributed by atoms with Crippen LogP contribution in [0.3, 0.4) is 0 Å². The van der Waals surface area contributed by atoms with Crippen molar-refractivity contribution >= 4 is 0 Å². The van der Waals surface area contributed by atoms with Gasteiger partial charge in [0.1, 0.15) is 0 Å². The highest BCUT2D eigenvalue weighted by Gasteiger charge is 2.85. The maximum atomic E-state index is 1.61. The van der Waals surface area contributed by atoms with E-state index >= 15 is 0 Å². The predicted octanol–water partition coefficient (Wildman–Crippen LogP) is 1.52. The van der Waals surface area contributed by atoms with Gasteiger partial charge in [-0.05, 0) is 48.3 Å². The first-order valence-electron chi connectivity index (χ1n) is 3.98. The molecule has 0 heterocycles. The van der Waals surface area contributed by atoms with Crippen LogP contribution in [0.2, 0.25) is 0 Å². The van der Waals surface area contributed by atoms with E-state index in [4.69, 9.17) is 0 Å². The third-order valence-electron chi connectivity index (χ3n) is 4.31. The van der Waals surface area contributed by atoms with E-state index in [1.807, 2.05) is 0 Å². The van der Waals surface area contributed by atoms with Crippen molar-refractivity contribution in [1.82, 2.24) is 0 Å². The maximum Gasteiger partial charge on any atom is -0.0312 e. The van der Waals surface area contributed by atoms with Crippen molar-refractivity contribution in [3.63, 3.8) is 0 Å². The second-order valence-corrected chi connectivity index (χ2v) is 4.21. The Morgan fingerprint density at radius 2 is 1.12 bits per heavy atom. The zero-order valence-electron chi connectivity index (χ0n) is 4.88. The fourth-order valence-electron chi connectivity index (χ4n) is 3.79. The molecule has 0 aromatic heterocycles. The summed E-state index contributed by atoms with van der Waals surface area (Å²) in [6.07, 6.45) is 3.22. The van der Waals surface area contributed by atoms with Gasteiger partial charge in [0, 0.05) is 0 Å². The van der Waals surface area contributed by atoms with Crippen LogP contribution in [0.5, 0.6) is 0 Å². The quantitative estimate of drug-likeness (QED) is 0.439. The molecule has 4 atom stereocenters. The molecule has 0 aromatic carbocycles. The van der Waals surface area contributed by atoms with Crippen molar-refractivity contribution in [2.24, 2.45) is 35.5 Å². The van der Waals surface area contributed by atoms with Crippen LogP contribution < -0.4 is 0 Å². The monoisotopic (exact) mass is 106 g/mol. The Bertz CT molecular complexity index is 145. The summed E-state index contributed by atoms with van der Waals surface area (Å²) in [5.41, 5.74) is 0. The summed E-state index contributed by atoms with van der Waals surface area (Å²) in [6, 6.07) is 0. The molecule has 0 N–H and O–H groups in total. The fraction of sp³-hybridized carbons (Fsp3) is 1.00. The highest BCUT2D eigenvalue weighted by Crippen LogP contribution is 2.89. The molecule has 8 heavy (non-hydrogen) atoms. The third-order valence-corrected chi connectivity index (χ3v) is 4.31. The standard InChI is InChI=1S/C8H10/c1-2-4-3(1)5-7-6(4)8(5)7/h3-8H,1-2H2/t3-,4+,5?,6?,7?,8?. The molecule has 0 saturated heterocycles. The summed E-state index contributed by atoms with van der Waals surface area (Å²) in [7, 11) is 0. The Kier molecular flexibility index (Phi) is 0.255. The van der Waals surface area contributed by atoms with E-state index in [0.29, 0.717) is 0 Å². The van der Waals surface area contributed by atoms with Gasteiger partial charge in [-0.1, -0.05) is 0 Å². The van der Waals surface area contributed by atoms with Crippen molar-refractivity contribution in [1.29, 1.82) is 0 Å². The van der Waals surface area contributed by atoms with E-state index in [-0.39, 0.29) is 0 Å². The first kappa shape index (κ1) is 3.24. The normalized spacial score (nSPS) is 87.0. The van der Waals surface area contributed by atoms with Crippen LogP contribution in [0.15, 0.2) is 0 Å². The second kappa shape index (κ2) is 0.630. The fourth-order valence-corrected chi connectivity index (χ4v) is 3.79. The van der Waals surface area contributed by atoms with Crippen LogP contribution in [0, 0.1) is 35.5 Å². The molecule has 5 saturated carbocycles. The minimum atomic E-state index is 1.27. The van der Waals surface area contributed by atoms with Crippen molar-refractivity contribution in [3.05, 3.63) is 0 Å². The molecular weight excluding hydrogens is 96.1 g/mol. The molecular formula is C8H10. The lowest BCUT2D eigenvalue weighted by molar-refractivity contribution is 0.211. The molecule has 5 rings (SSSR count). The molecule has 42 valence electrons. The molecule has 0 aromatic rings. The number of rotatable bonds is 0. The summed E-state index contributed by atoms with van der Waals surface area (Å²) >= 11 is 0. The smallest absolute Gasteiger partial charge is 0.0312 e. The molecule has 0 heteroatoms. The van der Waals surface area contributed by atoms with Crippen LogP contribution in [0.25, 0.3) is 0 Å². The Hall–Kier alpha value is 0. The minimum absolute atomic E-state index is 1.27. The lowest BCUT2D eigenvalue weighted by Gasteiger charge is -2.29. The van der Waals surface area contributed by atoms with Crippen LogP contribution in [-0.2, 0) is 0 Å². The van der Waals surface area contributed by atoms with E-state index < -0.39 is 0 Å². The van der Waals surface area contributed by atoms with E-state index in [9.17, 15) is 0 Å². The number of hydrogen-bond acceptors (Lipinski definition) is 0. The lowest BCUT2D eigenvalue weighted by atomic mass is 9.77. The molecule has 0 spiro atoms. The first-order chi connectivity index (χ1) is 3.98. The molecule has 0 aliphatic heterocycles. The minimum Gasteiger partial charge on any atom is -0.0496 e.